The topological polar surface area (TPSA) is 170 Å². The minimum absolute atomic E-state index is 0.0776. The van der Waals surface area contributed by atoms with Gasteiger partial charge in [0.2, 0.25) is 5.16 Å². The molecule has 5 rings (SSSR count). The molecule has 0 aliphatic rings. The van der Waals surface area contributed by atoms with Crippen LogP contribution in [0, 0.1) is 13.8 Å². The number of carbonyl (C=O) groups excluding carboxylic acids is 1. The lowest BCUT2D eigenvalue weighted by atomic mass is 10.2. The Hall–Kier alpha value is -4.64. The molecule has 0 saturated carbocycles. The van der Waals surface area contributed by atoms with Crippen molar-refractivity contribution in [3.63, 3.8) is 0 Å². The van der Waals surface area contributed by atoms with Crippen molar-refractivity contribution >= 4 is 47.9 Å². The second-order valence-electron chi connectivity index (χ2n) is 10.7. The number of hydrogen-bond acceptors (Lipinski definition) is 12. The molecule has 258 valence electrons. The van der Waals surface area contributed by atoms with Gasteiger partial charge in [-0.05, 0) is 68.4 Å². The average Bonchev–Trinajstić information content (AvgIpc) is 3.48. The third-order valence-electron chi connectivity index (χ3n) is 7.20. The first kappa shape index (κ1) is 35.7. The highest BCUT2D eigenvalue weighted by atomic mass is 32.2. The molecule has 0 aliphatic heterocycles. The van der Waals surface area contributed by atoms with E-state index in [-0.39, 0.29) is 32.0 Å². The number of ether oxygens (including phenoxy) is 3. The number of aryl methyl sites for hydroxylation is 1. The number of rotatable bonds is 15. The monoisotopic (exact) mass is 727 g/mol. The number of benzene rings is 3. The molecule has 1 unspecified atom stereocenters. The number of aromatic nitrogens is 3. The Bertz CT molecular complexity index is 2200. The minimum Gasteiger partial charge on any atom is -0.493 e. The molecule has 0 spiro atoms. The van der Waals surface area contributed by atoms with E-state index in [2.05, 4.69) is 14.2 Å². The summed E-state index contributed by atoms with van der Waals surface area (Å²) in [6.07, 6.45) is 2.22. The van der Waals surface area contributed by atoms with Crippen LogP contribution < -0.4 is 9.47 Å². The zero-order valence-electron chi connectivity index (χ0n) is 26.8. The van der Waals surface area contributed by atoms with Crippen molar-refractivity contribution in [1.82, 2.24) is 13.9 Å². The Labute approximate surface area is 286 Å². The fraction of sp³-hybridized carbons (Fsp3) is 0.242. The van der Waals surface area contributed by atoms with E-state index in [9.17, 15) is 25.8 Å². The molecular formula is C33H33N3O10S3. The molecule has 0 N–H and O–H groups in total. The van der Waals surface area contributed by atoms with Crippen LogP contribution >= 0.6 is 0 Å². The first-order chi connectivity index (χ1) is 23.4. The lowest BCUT2D eigenvalue weighted by Crippen LogP contribution is -2.20. The SMILES string of the molecule is COCCCOc1ccnc(CS(=O)c2nc3ccccc3n2S(=O)(=O)c2ccc(OCC(=O)OS(=O)(=O)c3ccc(C)cc3)cc2)c1C. The highest BCUT2D eigenvalue weighted by Crippen LogP contribution is 2.28. The summed E-state index contributed by atoms with van der Waals surface area (Å²) in [5.74, 6) is -0.638. The lowest BCUT2D eigenvalue weighted by Gasteiger charge is -2.13. The average molecular weight is 728 g/mol. The third kappa shape index (κ3) is 8.33. The summed E-state index contributed by atoms with van der Waals surface area (Å²) >= 11 is 0. The maximum atomic E-state index is 14.0. The summed E-state index contributed by atoms with van der Waals surface area (Å²) in [5.41, 5.74) is 2.52. The fourth-order valence-corrected chi connectivity index (χ4v) is 8.55. The number of para-hydroxylation sites is 2. The number of imidazole rings is 1. The smallest absolute Gasteiger partial charge is 0.359 e. The van der Waals surface area contributed by atoms with Gasteiger partial charge in [0.25, 0.3) is 10.0 Å². The number of carbonyl (C=O) groups is 1. The van der Waals surface area contributed by atoms with E-state index >= 15 is 0 Å². The molecule has 2 heterocycles. The van der Waals surface area contributed by atoms with Crippen LogP contribution in [-0.4, -0.2) is 67.9 Å². The van der Waals surface area contributed by atoms with Gasteiger partial charge in [-0.25, -0.2) is 22.2 Å². The maximum Gasteiger partial charge on any atom is 0.359 e. The molecule has 0 fully saturated rings. The van der Waals surface area contributed by atoms with Gasteiger partial charge in [-0.1, -0.05) is 29.8 Å². The Kier molecular flexibility index (Phi) is 11.1. The maximum absolute atomic E-state index is 14.0. The zero-order valence-corrected chi connectivity index (χ0v) is 29.2. The quantitative estimate of drug-likeness (QED) is 0.111. The normalized spacial score (nSPS) is 12.5. The second-order valence-corrected chi connectivity index (χ2v) is 15.4. The molecule has 3 aromatic carbocycles. The largest absolute Gasteiger partial charge is 0.493 e. The molecule has 0 saturated heterocycles. The number of hydrogen-bond donors (Lipinski definition) is 0. The van der Waals surface area contributed by atoms with Crippen molar-refractivity contribution in [1.29, 1.82) is 0 Å². The number of fused-ring (bicyclic) bond motifs is 1. The fourth-order valence-electron chi connectivity index (χ4n) is 4.65. The van der Waals surface area contributed by atoms with Gasteiger partial charge >= 0.3 is 16.1 Å². The van der Waals surface area contributed by atoms with Crippen LogP contribution in [-0.2, 0) is 50.4 Å². The first-order valence-corrected chi connectivity index (χ1v) is 19.0. The number of pyridine rings is 1. The van der Waals surface area contributed by atoms with Crippen molar-refractivity contribution in [2.24, 2.45) is 0 Å². The van der Waals surface area contributed by atoms with E-state index in [0.29, 0.717) is 42.2 Å². The highest BCUT2D eigenvalue weighted by molar-refractivity contribution is 7.91. The minimum atomic E-state index is -4.35. The summed E-state index contributed by atoms with van der Waals surface area (Å²) in [5, 5.41) is -0.188. The molecule has 0 amide bonds. The molecule has 49 heavy (non-hydrogen) atoms. The summed E-state index contributed by atoms with van der Waals surface area (Å²) < 4.78 is 88.5. The molecule has 16 heteroatoms. The molecule has 5 aromatic rings. The van der Waals surface area contributed by atoms with E-state index < -0.39 is 43.5 Å². The van der Waals surface area contributed by atoms with Gasteiger partial charge in [0.15, 0.2) is 6.61 Å². The van der Waals surface area contributed by atoms with Gasteiger partial charge in [0, 0.05) is 31.9 Å². The number of methoxy groups -OCH3 is 1. The van der Waals surface area contributed by atoms with Gasteiger partial charge in [-0.2, -0.15) is 8.42 Å². The predicted molar refractivity (Wildman–Crippen MR) is 180 cm³/mol. The summed E-state index contributed by atoms with van der Waals surface area (Å²) in [6.45, 7) is 3.78. The summed E-state index contributed by atoms with van der Waals surface area (Å²) in [7, 11) is -9.05. The zero-order chi connectivity index (χ0) is 35.2. The van der Waals surface area contributed by atoms with Crippen LogP contribution in [0.15, 0.2) is 100 Å². The van der Waals surface area contributed by atoms with Crippen LogP contribution in [0.4, 0.5) is 0 Å². The molecular weight excluding hydrogens is 695 g/mol. The standard InChI is InChI=1S/C33H33N3O10S3/c1-23-9-13-27(14-10-23)49(41,42)46-32(37)21-45-25-11-15-26(16-12-25)48(39,40)36-30-8-5-4-7-28(30)35-33(36)47(38)22-29-24(2)31(17-18-34-29)44-20-6-19-43-3/h4-5,7-18H,6,19-22H2,1-3H3. The van der Waals surface area contributed by atoms with Gasteiger partial charge in [0.1, 0.15) is 16.4 Å². The van der Waals surface area contributed by atoms with Crippen molar-refractivity contribution in [2.75, 3.05) is 26.9 Å². The van der Waals surface area contributed by atoms with Crippen molar-refractivity contribution in [3.8, 4) is 11.5 Å². The van der Waals surface area contributed by atoms with Gasteiger partial charge in [0.05, 0.1) is 44.8 Å². The molecule has 0 bridgehead atoms. The molecule has 13 nitrogen and oxygen atoms in total. The second kappa shape index (κ2) is 15.3. The van der Waals surface area contributed by atoms with Crippen molar-refractivity contribution in [2.45, 2.75) is 41.0 Å². The van der Waals surface area contributed by atoms with E-state index in [1.807, 2.05) is 0 Å². The van der Waals surface area contributed by atoms with E-state index in [1.54, 1.807) is 63.4 Å². The van der Waals surface area contributed by atoms with Crippen LogP contribution in [0.5, 0.6) is 11.5 Å². The van der Waals surface area contributed by atoms with Crippen LogP contribution in [0.25, 0.3) is 11.0 Å². The van der Waals surface area contributed by atoms with Crippen molar-refractivity contribution < 1.29 is 44.2 Å². The summed E-state index contributed by atoms with van der Waals surface area (Å²) in [6, 6.07) is 19.1. The van der Waals surface area contributed by atoms with Gasteiger partial charge < -0.3 is 18.4 Å². The van der Waals surface area contributed by atoms with Crippen LogP contribution in [0.2, 0.25) is 0 Å². The van der Waals surface area contributed by atoms with E-state index in [4.69, 9.17) is 14.2 Å². The Morgan fingerprint density at radius 2 is 1.55 bits per heavy atom. The van der Waals surface area contributed by atoms with Crippen LogP contribution in [0.3, 0.4) is 0 Å². The molecule has 0 aliphatic carbocycles. The molecule has 0 radical (unpaired) electrons. The lowest BCUT2D eigenvalue weighted by molar-refractivity contribution is -0.136. The molecule has 2 aromatic heterocycles. The Balaban J connectivity index is 1.33. The Morgan fingerprint density at radius 3 is 2.27 bits per heavy atom. The van der Waals surface area contributed by atoms with Gasteiger partial charge in [-0.3, -0.25) is 9.19 Å². The van der Waals surface area contributed by atoms with Crippen LogP contribution in [0.1, 0.15) is 23.2 Å². The third-order valence-corrected chi connectivity index (χ3v) is 11.5. The summed E-state index contributed by atoms with van der Waals surface area (Å²) in [4.78, 5) is 20.7. The predicted octanol–water partition coefficient (Wildman–Crippen LogP) is 4.32. The first-order valence-electron chi connectivity index (χ1n) is 14.8. The Morgan fingerprint density at radius 1 is 0.857 bits per heavy atom. The van der Waals surface area contributed by atoms with E-state index in [0.717, 1.165) is 9.54 Å². The van der Waals surface area contributed by atoms with Crippen molar-refractivity contribution in [3.05, 3.63) is 102 Å². The highest BCUT2D eigenvalue weighted by Gasteiger charge is 2.28. The van der Waals surface area contributed by atoms with E-state index in [1.165, 1.54) is 42.6 Å². The number of nitrogens with zero attached hydrogens (tertiary/aromatic N) is 3. The molecule has 1 atom stereocenters. The van der Waals surface area contributed by atoms with Gasteiger partial charge in [-0.15, -0.1) is 0 Å².